The largest absolute Gasteiger partial charge is 0.466 e. The van der Waals surface area contributed by atoms with Crippen molar-refractivity contribution in [3.05, 3.63) is 0 Å². The van der Waals surface area contributed by atoms with E-state index in [-0.39, 0.29) is 25.0 Å². The van der Waals surface area contributed by atoms with Gasteiger partial charge in [0.05, 0.1) is 19.6 Å². The van der Waals surface area contributed by atoms with Gasteiger partial charge < -0.3 is 14.8 Å². The van der Waals surface area contributed by atoms with Gasteiger partial charge in [-0.1, -0.05) is 27.7 Å². The Bertz CT molecular complexity index is 621. The van der Waals surface area contributed by atoms with Crippen LogP contribution in [0.3, 0.4) is 0 Å². The first kappa shape index (κ1) is 28.9. The Morgan fingerprint density at radius 3 is 1.68 bits per heavy atom. The van der Waals surface area contributed by atoms with Crippen LogP contribution in [0.5, 0.6) is 0 Å². The van der Waals surface area contributed by atoms with Gasteiger partial charge in [0, 0.05) is 0 Å². The van der Waals surface area contributed by atoms with Crippen LogP contribution in [-0.4, -0.2) is 55.1 Å². The molecular formula is C18H26F7NO5. The third-order valence-electron chi connectivity index (χ3n) is 3.89. The molecule has 0 aromatic heterocycles. The predicted molar refractivity (Wildman–Crippen MR) is 93.3 cm³/mol. The van der Waals surface area contributed by atoms with Crippen LogP contribution in [0.4, 0.5) is 30.7 Å². The van der Waals surface area contributed by atoms with Crippen molar-refractivity contribution in [3.63, 3.8) is 0 Å². The zero-order valence-corrected chi connectivity index (χ0v) is 17.5. The number of hydrogen-bond acceptors (Lipinski definition) is 5. The van der Waals surface area contributed by atoms with Crippen LogP contribution in [0.25, 0.3) is 0 Å². The van der Waals surface area contributed by atoms with Crippen molar-refractivity contribution >= 4 is 17.8 Å². The molecule has 13 heteroatoms. The van der Waals surface area contributed by atoms with Gasteiger partial charge in [-0.05, 0) is 24.7 Å². The average molecular weight is 469 g/mol. The summed E-state index contributed by atoms with van der Waals surface area (Å²) in [6.07, 6.45) is -7.14. The SMILES string of the molecule is CC(C)CCOC(=O)C[C@H](NC(=O)C(F)(F)C(F)(F)C(F)(F)F)C(=O)OCCC(C)C. The fourth-order valence-electron chi connectivity index (χ4n) is 1.89. The highest BCUT2D eigenvalue weighted by Gasteiger charge is 2.76. The van der Waals surface area contributed by atoms with Gasteiger partial charge >= 0.3 is 30.0 Å². The second-order valence-electron chi connectivity index (χ2n) is 7.63. The minimum absolute atomic E-state index is 0.0386. The number of esters is 2. The number of nitrogens with one attached hydrogen (secondary N) is 1. The lowest BCUT2D eigenvalue weighted by molar-refractivity contribution is -0.344. The van der Waals surface area contributed by atoms with E-state index in [1.54, 1.807) is 27.7 Å². The Balaban J connectivity index is 5.41. The molecule has 0 saturated heterocycles. The van der Waals surface area contributed by atoms with Crippen molar-refractivity contribution < 1.29 is 54.6 Å². The first-order valence-electron chi connectivity index (χ1n) is 9.39. The number of alkyl halides is 7. The number of ether oxygens (including phenoxy) is 2. The van der Waals surface area contributed by atoms with E-state index in [2.05, 4.69) is 0 Å². The third kappa shape index (κ3) is 8.90. The van der Waals surface area contributed by atoms with Crippen LogP contribution < -0.4 is 5.32 Å². The number of carbonyl (C=O) groups excluding carboxylic acids is 3. The minimum Gasteiger partial charge on any atom is -0.466 e. The van der Waals surface area contributed by atoms with E-state index in [0.717, 1.165) is 5.32 Å². The Hall–Kier alpha value is -2.08. The summed E-state index contributed by atoms with van der Waals surface area (Å²) >= 11 is 0. The molecule has 1 amide bonds. The van der Waals surface area contributed by atoms with Gasteiger partial charge in [-0.2, -0.15) is 30.7 Å². The normalized spacial score (nSPS) is 13.8. The Labute approximate surface area is 174 Å². The first-order chi connectivity index (χ1) is 13.9. The molecule has 0 bridgehead atoms. The van der Waals surface area contributed by atoms with Gasteiger partial charge in [0.25, 0.3) is 5.91 Å². The molecule has 0 spiro atoms. The highest BCUT2D eigenvalue weighted by atomic mass is 19.4. The smallest absolute Gasteiger partial charge is 0.460 e. The van der Waals surface area contributed by atoms with Crippen molar-refractivity contribution in [1.29, 1.82) is 0 Å². The third-order valence-corrected chi connectivity index (χ3v) is 3.89. The predicted octanol–water partition coefficient (Wildman–Crippen LogP) is 3.87. The summed E-state index contributed by atoms with van der Waals surface area (Å²) in [5, 5.41) is 1.06. The lowest BCUT2D eigenvalue weighted by Crippen LogP contribution is -2.61. The Morgan fingerprint density at radius 2 is 1.26 bits per heavy atom. The number of hydrogen-bond donors (Lipinski definition) is 1. The van der Waals surface area contributed by atoms with Crippen LogP contribution in [0.1, 0.15) is 47.0 Å². The Kier molecular flexibility index (Phi) is 10.7. The van der Waals surface area contributed by atoms with Gasteiger partial charge in [-0.15, -0.1) is 0 Å². The second-order valence-corrected chi connectivity index (χ2v) is 7.63. The molecule has 31 heavy (non-hydrogen) atoms. The molecule has 0 fully saturated rings. The summed E-state index contributed by atoms with van der Waals surface area (Å²) in [5.41, 5.74) is 0. The van der Waals surface area contributed by atoms with Crippen LogP contribution in [0, 0.1) is 11.8 Å². The highest BCUT2D eigenvalue weighted by Crippen LogP contribution is 2.46. The zero-order valence-electron chi connectivity index (χ0n) is 17.5. The monoisotopic (exact) mass is 469 g/mol. The molecule has 0 saturated carbocycles. The Morgan fingerprint density at radius 1 is 0.806 bits per heavy atom. The van der Waals surface area contributed by atoms with Crippen molar-refractivity contribution in [3.8, 4) is 0 Å². The van der Waals surface area contributed by atoms with Gasteiger partial charge in [0.15, 0.2) is 0 Å². The number of amides is 1. The zero-order chi connectivity index (χ0) is 24.6. The molecule has 0 aromatic carbocycles. The van der Waals surface area contributed by atoms with Crippen molar-refractivity contribution in [1.82, 2.24) is 5.32 Å². The fraction of sp³-hybridized carbons (Fsp3) is 0.833. The van der Waals surface area contributed by atoms with Crippen molar-refractivity contribution in [2.75, 3.05) is 13.2 Å². The maximum Gasteiger partial charge on any atom is 0.460 e. The first-order valence-corrected chi connectivity index (χ1v) is 9.39. The highest BCUT2D eigenvalue weighted by molar-refractivity contribution is 5.91. The van der Waals surface area contributed by atoms with Gasteiger partial charge in [0.2, 0.25) is 0 Å². The maximum absolute atomic E-state index is 13.6. The lowest BCUT2D eigenvalue weighted by atomic mass is 10.1. The molecule has 0 aromatic rings. The molecule has 0 unspecified atom stereocenters. The summed E-state index contributed by atoms with van der Waals surface area (Å²) in [6.45, 7) is 6.71. The van der Waals surface area contributed by atoms with E-state index < -0.39 is 48.3 Å². The standard InChI is InChI=1S/C18H26F7NO5/c1-10(2)5-7-30-13(27)9-12(14(28)31-8-6-11(3)4)26-15(29)16(19,20)17(21,22)18(23,24)25/h10-12H,5-9H2,1-4H3,(H,26,29)/t12-/m0/s1. The molecule has 0 heterocycles. The summed E-state index contributed by atoms with van der Waals surface area (Å²) in [4.78, 5) is 35.4. The maximum atomic E-state index is 13.6. The van der Waals surface area contributed by atoms with Crippen molar-refractivity contribution in [2.45, 2.75) is 71.0 Å². The quantitative estimate of drug-likeness (QED) is 0.347. The topological polar surface area (TPSA) is 81.7 Å². The number of halogens is 7. The van der Waals surface area contributed by atoms with E-state index in [1.165, 1.54) is 0 Å². The van der Waals surface area contributed by atoms with Gasteiger partial charge in [-0.3, -0.25) is 9.59 Å². The molecule has 0 aliphatic heterocycles. The molecule has 1 N–H and O–H groups in total. The molecule has 0 aliphatic rings. The molecule has 6 nitrogen and oxygen atoms in total. The summed E-state index contributed by atoms with van der Waals surface area (Å²) in [7, 11) is 0. The minimum atomic E-state index is -6.74. The lowest BCUT2D eigenvalue weighted by Gasteiger charge is -2.28. The van der Waals surface area contributed by atoms with Crippen LogP contribution in [0.2, 0.25) is 0 Å². The van der Waals surface area contributed by atoms with Gasteiger partial charge in [-0.25, -0.2) is 4.79 Å². The fourth-order valence-corrected chi connectivity index (χ4v) is 1.89. The van der Waals surface area contributed by atoms with Crippen LogP contribution >= 0.6 is 0 Å². The summed E-state index contributed by atoms with van der Waals surface area (Å²) in [5.74, 6) is -18.5. The van der Waals surface area contributed by atoms with Gasteiger partial charge in [0.1, 0.15) is 6.04 Å². The van der Waals surface area contributed by atoms with E-state index in [9.17, 15) is 45.1 Å². The molecule has 182 valence electrons. The molecular weight excluding hydrogens is 443 g/mol. The number of carbonyl (C=O) groups is 3. The van der Waals surface area contributed by atoms with E-state index in [1.807, 2.05) is 0 Å². The summed E-state index contributed by atoms with van der Waals surface area (Å²) < 4.78 is 99.5. The molecule has 0 rings (SSSR count). The van der Waals surface area contributed by atoms with Crippen LogP contribution in [0.15, 0.2) is 0 Å². The second kappa shape index (κ2) is 11.5. The van der Waals surface area contributed by atoms with E-state index in [0.29, 0.717) is 12.8 Å². The van der Waals surface area contributed by atoms with Crippen LogP contribution in [-0.2, 0) is 23.9 Å². The van der Waals surface area contributed by atoms with E-state index >= 15 is 0 Å². The molecule has 0 radical (unpaired) electrons. The molecule has 0 aliphatic carbocycles. The molecule has 1 atom stereocenters. The van der Waals surface area contributed by atoms with E-state index in [4.69, 9.17) is 9.47 Å². The number of rotatable bonds is 12. The summed E-state index contributed by atoms with van der Waals surface area (Å²) in [6, 6.07) is -2.25. The van der Waals surface area contributed by atoms with Crippen molar-refractivity contribution in [2.24, 2.45) is 11.8 Å². The average Bonchev–Trinajstić information content (AvgIpc) is 2.58.